The molecule has 0 bridgehead atoms. The van der Waals surface area contributed by atoms with E-state index >= 15 is 0 Å². The zero-order valence-electron chi connectivity index (χ0n) is 13.4. The molecule has 2 aromatic heterocycles. The van der Waals surface area contributed by atoms with E-state index in [-0.39, 0.29) is 0 Å². The Hall–Kier alpha value is -1.92. The maximum Gasteiger partial charge on any atom is 0.180 e. The Labute approximate surface area is 144 Å². The maximum absolute atomic E-state index is 5.88. The smallest absolute Gasteiger partial charge is 0.180 e. The molecular weight excluding hydrogens is 326 g/mol. The lowest BCUT2D eigenvalue weighted by Gasteiger charge is -2.05. The molecule has 23 heavy (non-hydrogen) atoms. The van der Waals surface area contributed by atoms with E-state index in [0.29, 0.717) is 5.13 Å². The zero-order valence-corrected chi connectivity index (χ0v) is 15.1. The number of aryl methyl sites for hydroxylation is 2. The molecule has 0 radical (unpaired) electrons. The van der Waals surface area contributed by atoms with Gasteiger partial charge in [0.25, 0.3) is 0 Å². The van der Waals surface area contributed by atoms with Gasteiger partial charge in [-0.25, -0.2) is 9.97 Å². The quantitative estimate of drug-likeness (QED) is 0.748. The standard InChI is InChI=1S/C17H19N3OS2/c1-4-12-16(23-17(18)19-12)15-10(2)22-14(20-15)9-11-7-5-6-8-13(11)21-3/h5-8H,4,9H2,1-3H3,(H2,18,19). The van der Waals surface area contributed by atoms with E-state index in [1.165, 1.54) is 16.2 Å². The van der Waals surface area contributed by atoms with Crippen LogP contribution in [0.5, 0.6) is 5.75 Å². The van der Waals surface area contributed by atoms with Crippen molar-refractivity contribution in [3.05, 3.63) is 45.4 Å². The van der Waals surface area contributed by atoms with Crippen molar-refractivity contribution in [2.24, 2.45) is 0 Å². The van der Waals surface area contributed by atoms with Crippen LogP contribution in [0.2, 0.25) is 0 Å². The highest BCUT2D eigenvalue weighted by Gasteiger charge is 2.17. The molecule has 2 N–H and O–H groups in total. The summed E-state index contributed by atoms with van der Waals surface area (Å²) < 4.78 is 5.43. The Kier molecular flexibility index (Phi) is 4.63. The average Bonchev–Trinajstić information content (AvgIpc) is 3.10. The predicted octanol–water partition coefficient (Wildman–Crippen LogP) is 4.32. The van der Waals surface area contributed by atoms with E-state index in [9.17, 15) is 0 Å². The van der Waals surface area contributed by atoms with Gasteiger partial charge in [-0.2, -0.15) is 0 Å². The number of para-hydroxylation sites is 1. The highest BCUT2D eigenvalue weighted by Crippen LogP contribution is 2.36. The van der Waals surface area contributed by atoms with Crippen LogP contribution in [0, 0.1) is 6.92 Å². The number of hydrogen-bond donors (Lipinski definition) is 1. The van der Waals surface area contributed by atoms with Gasteiger partial charge in [0, 0.05) is 16.9 Å². The second-order valence-electron chi connectivity index (χ2n) is 5.18. The fourth-order valence-corrected chi connectivity index (χ4v) is 4.54. The molecule has 0 fully saturated rings. The predicted molar refractivity (Wildman–Crippen MR) is 97.5 cm³/mol. The third kappa shape index (κ3) is 3.23. The number of nitrogens with two attached hydrogens (primary N) is 1. The Balaban J connectivity index is 1.95. The molecule has 0 atom stereocenters. The van der Waals surface area contributed by atoms with Crippen molar-refractivity contribution in [2.45, 2.75) is 26.7 Å². The van der Waals surface area contributed by atoms with E-state index < -0.39 is 0 Å². The Bertz CT molecular complexity index is 823. The number of nitrogens with zero attached hydrogens (tertiary/aromatic N) is 2. The summed E-state index contributed by atoms with van der Waals surface area (Å²) in [4.78, 5) is 11.6. The van der Waals surface area contributed by atoms with E-state index in [2.05, 4.69) is 24.9 Å². The van der Waals surface area contributed by atoms with E-state index in [1.807, 2.05) is 18.2 Å². The first-order valence-corrected chi connectivity index (χ1v) is 9.09. The molecule has 0 amide bonds. The number of nitrogen functional groups attached to an aromatic ring is 1. The molecule has 0 spiro atoms. The maximum atomic E-state index is 5.88. The van der Waals surface area contributed by atoms with Crippen molar-refractivity contribution in [2.75, 3.05) is 12.8 Å². The lowest BCUT2D eigenvalue weighted by Crippen LogP contribution is -1.93. The van der Waals surface area contributed by atoms with Crippen molar-refractivity contribution in [1.29, 1.82) is 0 Å². The molecule has 0 unspecified atom stereocenters. The highest BCUT2D eigenvalue weighted by molar-refractivity contribution is 7.19. The van der Waals surface area contributed by atoms with Crippen LogP contribution in [0.15, 0.2) is 24.3 Å². The molecule has 1 aromatic carbocycles. The minimum Gasteiger partial charge on any atom is -0.496 e. The van der Waals surface area contributed by atoms with E-state index in [4.69, 9.17) is 15.5 Å². The topological polar surface area (TPSA) is 61.0 Å². The Morgan fingerprint density at radius 2 is 1.96 bits per heavy atom. The first kappa shape index (κ1) is 16.0. The summed E-state index contributed by atoms with van der Waals surface area (Å²) >= 11 is 3.24. The van der Waals surface area contributed by atoms with Crippen LogP contribution in [0.4, 0.5) is 5.13 Å². The number of thiazole rings is 2. The monoisotopic (exact) mass is 345 g/mol. The van der Waals surface area contributed by atoms with Gasteiger partial charge in [0.2, 0.25) is 0 Å². The van der Waals surface area contributed by atoms with Gasteiger partial charge in [-0.05, 0) is 19.4 Å². The van der Waals surface area contributed by atoms with Gasteiger partial charge in [0.15, 0.2) is 5.13 Å². The van der Waals surface area contributed by atoms with E-state index in [1.54, 1.807) is 18.4 Å². The van der Waals surface area contributed by atoms with Crippen molar-refractivity contribution >= 4 is 27.8 Å². The summed E-state index contributed by atoms with van der Waals surface area (Å²) in [7, 11) is 1.70. The Morgan fingerprint density at radius 1 is 1.17 bits per heavy atom. The van der Waals surface area contributed by atoms with Crippen LogP contribution >= 0.6 is 22.7 Å². The summed E-state index contributed by atoms with van der Waals surface area (Å²) in [5.74, 6) is 0.901. The van der Waals surface area contributed by atoms with Gasteiger partial charge in [-0.3, -0.25) is 0 Å². The molecule has 3 rings (SSSR count). The normalized spacial score (nSPS) is 10.9. The van der Waals surface area contributed by atoms with Crippen LogP contribution < -0.4 is 10.5 Å². The number of hydrogen-bond acceptors (Lipinski definition) is 6. The number of benzene rings is 1. The number of rotatable bonds is 5. The van der Waals surface area contributed by atoms with Gasteiger partial charge in [-0.15, -0.1) is 11.3 Å². The molecule has 0 aliphatic rings. The zero-order chi connectivity index (χ0) is 16.4. The summed E-state index contributed by atoms with van der Waals surface area (Å²) in [5, 5.41) is 1.69. The van der Waals surface area contributed by atoms with Gasteiger partial charge in [0.05, 0.1) is 28.4 Å². The summed E-state index contributed by atoms with van der Waals surface area (Å²) in [5.41, 5.74) is 9.08. The molecule has 3 aromatic rings. The molecule has 0 saturated carbocycles. The van der Waals surface area contributed by atoms with Gasteiger partial charge in [-0.1, -0.05) is 36.5 Å². The summed E-state index contributed by atoms with van der Waals surface area (Å²) in [6, 6.07) is 8.07. The summed E-state index contributed by atoms with van der Waals surface area (Å²) in [6.45, 7) is 4.20. The molecule has 2 heterocycles. The number of aromatic nitrogens is 2. The fraction of sp³-hybridized carbons (Fsp3) is 0.294. The molecule has 0 saturated heterocycles. The summed E-state index contributed by atoms with van der Waals surface area (Å²) in [6.07, 6.45) is 1.63. The molecule has 120 valence electrons. The van der Waals surface area contributed by atoms with Crippen LogP contribution in [-0.2, 0) is 12.8 Å². The second-order valence-corrected chi connectivity index (χ2v) is 7.50. The lowest BCUT2D eigenvalue weighted by atomic mass is 10.1. The largest absolute Gasteiger partial charge is 0.496 e. The fourth-order valence-electron chi connectivity index (χ4n) is 2.54. The molecule has 4 nitrogen and oxygen atoms in total. The van der Waals surface area contributed by atoms with Crippen LogP contribution in [0.25, 0.3) is 10.6 Å². The van der Waals surface area contributed by atoms with Crippen LogP contribution in [0.1, 0.15) is 28.1 Å². The second kappa shape index (κ2) is 6.68. The van der Waals surface area contributed by atoms with Gasteiger partial charge >= 0.3 is 0 Å². The third-order valence-electron chi connectivity index (χ3n) is 3.64. The average molecular weight is 345 g/mol. The van der Waals surface area contributed by atoms with E-state index in [0.717, 1.165) is 45.4 Å². The number of ether oxygens (including phenoxy) is 1. The van der Waals surface area contributed by atoms with Crippen molar-refractivity contribution in [3.8, 4) is 16.3 Å². The molecule has 0 aliphatic heterocycles. The minimum atomic E-state index is 0.607. The van der Waals surface area contributed by atoms with Crippen molar-refractivity contribution in [3.63, 3.8) is 0 Å². The first-order valence-electron chi connectivity index (χ1n) is 7.46. The first-order chi connectivity index (χ1) is 11.1. The highest BCUT2D eigenvalue weighted by atomic mass is 32.1. The Morgan fingerprint density at radius 3 is 2.70 bits per heavy atom. The van der Waals surface area contributed by atoms with Gasteiger partial charge < -0.3 is 10.5 Å². The molecule has 0 aliphatic carbocycles. The number of anilines is 1. The minimum absolute atomic E-state index is 0.607. The number of methoxy groups -OCH3 is 1. The van der Waals surface area contributed by atoms with Crippen LogP contribution in [0.3, 0.4) is 0 Å². The lowest BCUT2D eigenvalue weighted by molar-refractivity contribution is 0.410. The van der Waals surface area contributed by atoms with Gasteiger partial charge in [0.1, 0.15) is 5.75 Å². The SMILES string of the molecule is CCc1nc(N)sc1-c1nc(Cc2ccccc2OC)sc1C. The van der Waals surface area contributed by atoms with Crippen LogP contribution in [-0.4, -0.2) is 17.1 Å². The van der Waals surface area contributed by atoms with Crippen molar-refractivity contribution in [1.82, 2.24) is 9.97 Å². The van der Waals surface area contributed by atoms with Crippen molar-refractivity contribution < 1.29 is 4.74 Å². The third-order valence-corrected chi connectivity index (χ3v) is 5.54. The molecular formula is C17H19N3OS2. The molecule has 6 heteroatoms.